The van der Waals surface area contributed by atoms with Gasteiger partial charge in [-0.3, -0.25) is 4.57 Å². The Balaban J connectivity index is 1.34. The minimum absolute atomic E-state index is 0.441. The molecule has 0 fully saturated rings. The van der Waals surface area contributed by atoms with Crippen LogP contribution in [0.2, 0.25) is 13.1 Å². The van der Waals surface area contributed by atoms with E-state index in [0.717, 1.165) is 12.5 Å². The van der Waals surface area contributed by atoms with Crippen molar-refractivity contribution in [2.24, 2.45) is 0 Å². The lowest BCUT2D eigenvalue weighted by atomic mass is 10.1. The Morgan fingerprint density at radius 3 is 2.24 bits per heavy atom. The third-order valence-electron chi connectivity index (χ3n) is 8.80. The van der Waals surface area contributed by atoms with E-state index in [1.54, 1.807) is 0 Å². The van der Waals surface area contributed by atoms with Crippen molar-refractivity contribution in [1.29, 1.82) is 0 Å². The largest absolute Gasteiger partial charge is 0.349 e. The standard InChI is InChI=1S/C36H36N4Si/c1-25(2)38-24-39(34-16-9-8-15-33(34)38)27-11-10-12-28(22-27)41(4,5)29-17-18-31-30-13-6-7-14-32(30)40(35(31)23-29)36-21-26(3)19-20-37-36/h6-23,25H,24H2,1-5H3. The molecule has 0 saturated heterocycles. The van der Waals surface area contributed by atoms with E-state index in [4.69, 9.17) is 4.98 Å². The van der Waals surface area contributed by atoms with Crippen molar-refractivity contribution in [3.63, 3.8) is 0 Å². The average molecular weight is 553 g/mol. The summed E-state index contributed by atoms with van der Waals surface area (Å²) in [6.45, 7) is 12.5. The number of hydrogen-bond acceptors (Lipinski definition) is 3. The molecule has 0 unspecified atom stereocenters. The number of benzene rings is 4. The van der Waals surface area contributed by atoms with Gasteiger partial charge in [-0.15, -0.1) is 0 Å². The number of pyridine rings is 1. The first-order chi connectivity index (χ1) is 19.8. The number of aryl methyl sites for hydroxylation is 1. The molecule has 0 spiro atoms. The van der Waals surface area contributed by atoms with Gasteiger partial charge in [-0.25, -0.2) is 4.98 Å². The van der Waals surface area contributed by atoms with Crippen molar-refractivity contribution in [2.75, 3.05) is 16.5 Å². The van der Waals surface area contributed by atoms with Crippen molar-refractivity contribution in [3.05, 3.63) is 115 Å². The molecule has 7 rings (SSSR count). The van der Waals surface area contributed by atoms with Crippen molar-refractivity contribution in [2.45, 2.75) is 39.9 Å². The number of para-hydroxylation sites is 3. The minimum atomic E-state index is -2.04. The van der Waals surface area contributed by atoms with Gasteiger partial charge in [0.15, 0.2) is 0 Å². The first kappa shape index (κ1) is 25.6. The summed E-state index contributed by atoms with van der Waals surface area (Å²) in [6.07, 6.45) is 1.91. The third kappa shape index (κ3) is 4.15. The number of nitrogens with zero attached hydrogens (tertiary/aromatic N) is 4. The molecule has 1 aliphatic heterocycles. The molecule has 0 amide bonds. The van der Waals surface area contributed by atoms with Crippen LogP contribution in [0.5, 0.6) is 0 Å². The normalized spacial score (nSPS) is 13.5. The summed E-state index contributed by atoms with van der Waals surface area (Å²) in [5.41, 5.74) is 7.49. The molecule has 5 heteroatoms. The molecule has 3 heterocycles. The Labute approximate surface area is 243 Å². The molecule has 0 bridgehead atoms. The van der Waals surface area contributed by atoms with Crippen molar-refractivity contribution in [3.8, 4) is 5.82 Å². The molecule has 4 aromatic carbocycles. The van der Waals surface area contributed by atoms with Crippen LogP contribution in [0.3, 0.4) is 0 Å². The highest BCUT2D eigenvalue weighted by Gasteiger charge is 2.31. The summed E-state index contributed by atoms with van der Waals surface area (Å²) < 4.78 is 2.34. The van der Waals surface area contributed by atoms with Gasteiger partial charge in [0.05, 0.1) is 29.1 Å². The summed E-state index contributed by atoms with van der Waals surface area (Å²) in [5, 5.41) is 5.39. The van der Waals surface area contributed by atoms with Gasteiger partial charge in [-0.2, -0.15) is 0 Å². The number of hydrogen-bond donors (Lipinski definition) is 0. The number of rotatable bonds is 5. The van der Waals surface area contributed by atoms with Crippen LogP contribution < -0.4 is 20.2 Å². The van der Waals surface area contributed by atoms with Gasteiger partial charge in [0.25, 0.3) is 0 Å². The van der Waals surface area contributed by atoms with Gasteiger partial charge in [-0.05, 0) is 74.9 Å². The maximum absolute atomic E-state index is 4.79. The van der Waals surface area contributed by atoms with Crippen LogP contribution in [0.4, 0.5) is 17.1 Å². The van der Waals surface area contributed by atoms with E-state index < -0.39 is 8.07 Å². The summed E-state index contributed by atoms with van der Waals surface area (Å²) in [7, 11) is -2.04. The fourth-order valence-electron chi connectivity index (χ4n) is 6.38. The lowest BCUT2D eigenvalue weighted by Crippen LogP contribution is -2.53. The highest BCUT2D eigenvalue weighted by molar-refractivity contribution is 7.00. The van der Waals surface area contributed by atoms with E-state index in [0.29, 0.717) is 6.04 Å². The van der Waals surface area contributed by atoms with Gasteiger partial charge in [-0.1, -0.05) is 78.1 Å². The van der Waals surface area contributed by atoms with Crippen LogP contribution in [0, 0.1) is 6.92 Å². The monoisotopic (exact) mass is 552 g/mol. The molecule has 204 valence electrons. The summed E-state index contributed by atoms with van der Waals surface area (Å²) in [4.78, 5) is 9.74. The molecular weight excluding hydrogens is 517 g/mol. The second-order valence-corrected chi connectivity index (χ2v) is 16.5. The molecule has 2 aromatic heterocycles. The van der Waals surface area contributed by atoms with Gasteiger partial charge >= 0.3 is 0 Å². The first-order valence-electron chi connectivity index (χ1n) is 14.5. The van der Waals surface area contributed by atoms with Crippen molar-refractivity contribution < 1.29 is 0 Å². The van der Waals surface area contributed by atoms with E-state index in [1.807, 2.05) is 6.20 Å². The van der Waals surface area contributed by atoms with Crippen LogP contribution in [0.25, 0.3) is 27.6 Å². The molecule has 4 nitrogen and oxygen atoms in total. The first-order valence-corrected chi connectivity index (χ1v) is 17.5. The Bertz CT molecular complexity index is 1920. The van der Waals surface area contributed by atoms with E-state index in [9.17, 15) is 0 Å². The van der Waals surface area contributed by atoms with E-state index in [1.165, 1.54) is 54.8 Å². The lowest BCUT2D eigenvalue weighted by Gasteiger charge is -2.28. The third-order valence-corrected chi connectivity index (χ3v) is 12.3. The minimum Gasteiger partial charge on any atom is -0.349 e. The zero-order valence-electron chi connectivity index (χ0n) is 24.5. The lowest BCUT2D eigenvalue weighted by molar-refractivity contribution is 0.709. The van der Waals surface area contributed by atoms with Crippen LogP contribution in [0.1, 0.15) is 19.4 Å². The fraction of sp³-hybridized carbons (Fsp3) is 0.194. The molecule has 6 aromatic rings. The molecular formula is C36H36N4Si. The van der Waals surface area contributed by atoms with E-state index in [2.05, 4.69) is 151 Å². The van der Waals surface area contributed by atoms with Gasteiger partial charge in [0.2, 0.25) is 0 Å². The topological polar surface area (TPSA) is 24.3 Å². The van der Waals surface area contributed by atoms with Crippen LogP contribution in [0.15, 0.2) is 109 Å². The Hall–Kier alpha value is -4.35. The van der Waals surface area contributed by atoms with Crippen LogP contribution in [-0.2, 0) is 0 Å². The van der Waals surface area contributed by atoms with Crippen molar-refractivity contribution >= 4 is 57.3 Å². The Morgan fingerprint density at radius 2 is 1.44 bits per heavy atom. The second kappa shape index (κ2) is 9.63. The predicted molar refractivity (Wildman–Crippen MR) is 178 cm³/mol. The zero-order chi connectivity index (χ0) is 28.3. The number of anilines is 3. The summed E-state index contributed by atoms with van der Waals surface area (Å²) in [5.74, 6) is 0.970. The highest BCUT2D eigenvalue weighted by atomic mass is 28.3. The van der Waals surface area contributed by atoms with Gasteiger partial charge in [0.1, 0.15) is 13.9 Å². The summed E-state index contributed by atoms with van der Waals surface area (Å²) >= 11 is 0. The second-order valence-electron chi connectivity index (χ2n) is 12.1. The predicted octanol–water partition coefficient (Wildman–Crippen LogP) is 7.63. The van der Waals surface area contributed by atoms with Crippen LogP contribution in [-0.4, -0.2) is 30.3 Å². The molecule has 0 saturated carbocycles. The van der Waals surface area contributed by atoms with E-state index >= 15 is 0 Å². The maximum Gasteiger partial charge on any atom is 0.137 e. The fourth-order valence-corrected chi connectivity index (χ4v) is 8.73. The van der Waals surface area contributed by atoms with Crippen LogP contribution >= 0.6 is 0 Å². The molecule has 0 radical (unpaired) electrons. The van der Waals surface area contributed by atoms with Gasteiger partial charge in [0, 0.05) is 28.7 Å². The maximum atomic E-state index is 4.79. The summed E-state index contributed by atoms with van der Waals surface area (Å²) in [6, 6.07) is 38.6. The molecule has 0 N–H and O–H groups in total. The SMILES string of the molecule is Cc1ccnc(-n2c3ccccc3c3ccc([Si](C)(C)c4cccc(N5CN(C(C)C)c6ccccc65)c4)cc32)c1. The van der Waals surface area contributed by atoms with Gasteiger partial charge < -0.3 is 9.80 Å². The zero-order valence-corrected chi connectivity index (χ0v) is 25.5. The van der Waals surface area contributed by atoms with Crippen molar-refractivity contribution in [1.82, 2.24) is 9.55 Å². The molecule has 1 aliphatic rings. The molecule has 0 aliphatic carbocycles. The number of aromatic nitrogens is 2. The molecule has 41 heavy (non-hydrogen) atoms. The smallest absolute Gasteiger partial charge is 0.137 e. The molecule has 0 atom stereocenters. The quantitative estimate of drug-likeness (QED) is 0.206. The Morgan fingerprint density at radius 1 is 0.707 bits per heavy atom. The van der Waals surface area contributed by atoms with E-state index in [-0.39, 0.29) is 0 Å². The highest BCUT2D eigenvalue weighted by Crippen LogP contribution is 2.41. The number of fused-ring (bicyclic) bond motifs is 4. The Kier molecular flexibility index (Phi) is 6.02. The average Bonchev–Trinajstić information content (AvgIpc) is 3.53.